The van der Waals surface area contributed by atoms with Crippen LogP contribution in [0.25, 0.3) is 0 Å². The van der Waals surface area contributed by atoms with Gasteiger partial charge in [0.2, 0.25) is 5.91 Å². The number of carbonyl (C=O) groups excluding carboxylic acids is 1. The van der Waals surface area contributed by atoms with Crippen molar-refractivity contribution in [3.8, 4) is 0 Å². The Hall–Kier alpha value is -1.70. The van der Waals surface area contributed by atoms with Crippen LogP contribution in [0.3, 0.4) is 0 Å². The molecule has 0 aromatic carbocycles. The molecular formula is C18H26N4O2S. The van der Waals surface area contributed by atoms with Crippen LogP contribution in [0.1, 0.15) is 22.7 Å². The summed E-state index contributed by atoms with van der Waals surface area (Å²) in [7, 11) is 1.64. The highest BCUT2D eigenvalue weighted by atomic mass is 32.1. The fourth-order valence-corrected chi connectivity index (χ4v) is 4.14. The summed E-state index contributed by atoms with van der Waals surface area (Å²) in [5.74, 6) is 0.399. The van der Waals surface area contributed by atoms with Gasteiger partial charge >= 0.3 is 0 Å². The number of nitrogens with zero attached hydrogens (tertiary/aromatic N) is 3. The van der Waals surface area contributed by atoms with Crippen molar-refractivity contribution in [1.82, 2.24) is 19.8 Å². The zero-order valence-corrected chi connectivity index (χ0v) is 15.7. The fraction of sp³-hybridized carbons (Fsp3) is 0.556. The summed E-state index contributed by atoms with van der Waals surface area (Å²) in [6.07, 6.45) is 2.66. The molecule has 6 nitrogen and oxygen atoms in total. The summed E-state index contributed by atoms with van der Waals surface area (Å²) in [4.78, 5) is 20.3. The maximum Gasteiger partial charge on any atom is 0.220 e. The molecule has 0 bridgehead atoms. The molecule has 1 amide bonds. The number of carbonyl (C=O) groups is 1. The Kier molecular flexibility index (Phi) is 6.23. The van der Waals surface area contributed by atoms with Crippen molar-refractivity contribution in [3.05, 3.63) is 40.1 Å². The first-order chi connectivity index (χ1) is 12.2. The van der Waals surface area contributed by atoms with Crippen LogP contribution in [-0.2, 0) is 29.2 Å². The summed E-state index contributed by atoms with van der Waals surface area (Å²) in [6.45, 7) is 6.78. The van der Waals surface area contributed by atoms with Gasteiger partial charge in [-0.1, -0.05) is 0 Å². The van der Waals surface area contributed by atoms with E-state index in [2.05, 4.69) is 45.0 Å². The lowest BCUT2D eigenvalue weighted by Gasteiger charge is -2.23. The van der Waals surface area contributed by atoms with Crippen molar-refractivity contribution in [2.24, 2.45) is 5.92 Å². The number of aromatic nitrogens is 2. The van der Waals surface area contributed by atoms with Gasteiger partial charge < -0.3 is 14.6 Å². The van der Waals surface area contributed by atoms with Gasteiger partial charge in [0.05, 0.1) is 17.8 Å². The average molecular weight is 362 g/mol. The minimum atomic E-state index is 0.103. The van der Waals surface area contributed by atoms with Crippen LogP contribution in [0, 0.1) is 12.8 Å². The molecule has 0 fully saturated rings. The second-order valence-corrected chi connectivity index (χ2v) is 7.53. The summed E-state index contributed by atoms with van der Waals surface area (Å²) in [5.41, 5.74) is 4.33. The number of nitrogens with one attached hydrogen (secondary N) is 1. The lowest BCUT2D eigenvalue weighted by atomic mass is 10.0. The molecule has 136 valence electrons. The molecule has 2 aromatic rings. The number of aryl methyl sites for hydroxylation is 1. The topological polar surface area (TPSA) is 59.4 Å². The van der Waals surface area contributed by atoms with Crippen LogP contribution < -0.4 is 5.32 Å². The third-order valence-corrected chi connectivity index (χ3v) is 5.51. The Morgan fingerprint density at radius 2 is 2.36 bits per heavy atom. The predicted octanol–water partition coefficient (Wildman–Crippen LogP) is 2.04. The lowest BCUT2D eigenvalue weighted by molar-refractivity contribution is -0.122. The van der Waals surface area contributed by atoms with Gasteiger partial charge in [0.25, 0.3) is 0 Å². The maximum atomic E-state index is 12.2. The number of fused-ring (bicyclic) bond motifs is 1. The highest BCUT2D eigenvalue weighted by Crippen LogP contribution is 2.23. The van der Waals surface area contributed by atoms with E-state index in [9.17, 15) is 4.79 Å². The minimum Gasteiger partial charge on any atom is -0.383 e. The average Bonchev–Trinajstić information content (AvgIpc) is 3.13. The predicted molar refractivity (Wildman–Crippen MR) is 98.4 cm³/mol. The van der Waals surface area contributed by atoms with Crippen LogP contribution in [0.15, 0.2) is 23.8 Å². The molecule has 0 spiro atoms. The third kappa shape index (κ3) is 4.90. The first-order valence-electron chi connectivity index (χ1n) is 8.66. The smallest absolute Gasteiger partial charge is 0.220 e. The molecule has 1 aliphatic rings. The molecule has 1 atom stereocenters. The van der Waals surface area contributed by atoms with Crippen LogP contribution in [0.4, 0.5) is 0 Å². The fourth-order valence-electron chi connectivity index (χ4n) is 3.32. The Morgan fingerprint density at radius 1 is 1.48 bits per heavy atom. The van der Waals surface area contributed by atoms with Gasteiger partial charge in [0.15, 0.2) is 0 Å². The summed E-state index contributed by atoms with van der Waals surface area (Å²) < 4.78 is 7.28. The quantitative estimate of drug-likeness (QED) is 0.766. The molecule has 1 aliphatic heterocycles. The highest BCUT2D eigenvalue weighted by molar-refractivity contribution is 7.09. The van der Waals surface area contributed by atoms with E-state index in [1.165, 1.54) is 10.6 Å². The number of hydrogen-bond acceptors (Lipinski definition) is 5. The van der Waals surface area contributed by atoms with E-state index < -0.39 is 0 Å². The maximum absolute atomic E-state index is 12.2. The third-order valence-electron chi connectivity index (χ3n) is 4.59. The van der Waals surface area contributed by atoms with E-state index in [1.807, 2.05) is 5.51 Å². The summed E-state index contributed by atoms with van der Waals surface area (Å²) in [5, 5.41) is 2.94. The number of thiazole rings is 1. The Bertz CT molecular complexity index is 697. The van der Waals surface area contributed by atoms with Crippen molar-refractivity contribution in [1.29, 1.82) is 0 Å². The molecule has 0 aliphatic carbocycles. The van der Waals surface area contributed by atoms with E-state index in [1.54, 1.807) is 18.4 Å². The molecule has 1 N–H and O–H groups in total. The number of methoxy groups -OCH3 is 1. The molecular weight excluding hydrogens is 336 g/mol. The standard InChI is InChI=1S/C18H26N4O2S/c1-14-17(25-13-20-14)12-21-9-15(8-18(23)19-5-7-24-2)10-22-6-3-4-16(22)11-21/h3-4,6,13,15H,5,7-12H2,1-2H3,(H,19,23)/t15-/m0/s1. The summed E-state index contributed by atoms with van der Waals surface area (Å²) in [6, 6.07) is 4.26. The number of ether oxygens (including phenoxy) is 1. The number of rotatable bonds is 7. The van der Waals surface area contributed by atoms with Crippen molar-refractivity contribution in [2.75, 3.05) is 26.8 Å². The molecule has 25 heavy (non-hydrogen) atoms. The van der Waals surface area contributed by atoms with E-state index >= 15 is 0 Å². The molecule has 0 saturated heterocycles. The van der Waals surface area contributed by atoms with Gasteiger partial charge in [-0.25, -0.2) is 4.98 Å². The van der Waals surface area contributed by atoms with Gasteiger partial charge in [-0.3, -0.25) is 9.69 Å². The molecule has 0 radical (unpaired) electrons. The van der Waals surface area contributed by atoms with Crippen molar-refractivity contribution in [3.63, 3.8) is 0 Å². The molecule has 0 unspecified atom stereocenters. The number of amides is 1. The molecule has 3 heterocycles. The van der Waals surface area contributed by atoms with Gasteiger partial charge in [0, 0.05) is 63.0 Å². The van der Waals surface area contributed by atoms with Crippen molar-refractivity contribution in [2.45, 2.75) is 33.0 Å². The Labute approximate surface area is 152 Å². The van der Waals surface area contributed by atoms with Crippen LogP contribution in [0.2, 0.25) is 0 Å². The molecule has 3 rings (SSSR count). The zero-order chi connectivity index (χ0) is 17.6. The summed E-state index contributed by atoms with van der Waals surface area (Å²) >= 11 is 1.71. The lowest BCUT2D eigenvalue weighted by Crippen LogP contribution is -2.33. The second kappa shape index (κ2) is 8.60. The minimum absolute atomic E-state index is 0.103. The van der Waals surface area contributed by atoms with Gasteiger partial charge in [-0.15, -0.1) is 11.3 Å². The zero-order valence-electron chi connectivity index (χ0n) is 14.9. The molecule has 2 aromatic heterocycles. The highest BCUT2D eigenvalue weighted by Gasteiger charge is 2.24. The molecule has 7 heteroatoms. The Morgan fingerprint density at radius 3 is 3.12 bits per heavy atom. The largest absolute Gasteiger partial charge is 0.383 e. The van der Waals surface area contributed by atoms with Crippen molar-refractivity contribution < 1.29 is 9.53 Å². The van der Waals surface area contributed by atoms with Gasteiger partial charge in [0.1, 0.15) is 0 Å². The number of hydrogen-bond donors (Lipinski definition) is 1. The SMILES string of the molecule is COCCNC(=O)C[C@H]1CN(Cc2scnc2C)Cc2cccn2C1. The van der Waals surface area contributed by atoms with Crippen molar-refractivity contribution >= 4 is 17.2 Å². The first-order valence-corrected chi connectivity index (χ1v) is 9.54. The second-order valence-electron chi connectivity index (χ2n) is 6.60. The van der Waals surface area contributed by atoms with E-state index in [0.29, 0.717) is 25.5 Å². The first kappa shape index (κ1) is 18.1. The normalized spacial score (nSPS) is 17.9. The monoisotopic (exact) mass is 362 g/mol. The Balaban J connectivity index is 1.66. The van der Waals surface area contributed by atoms with Crippen LogP contribution >= 0.6 is 11.3 Å². The molecule has 0 saturated carbocycles. The van der Waals surface area contributed by atoms with E-state index in [-0.39, 0.29) is 5.91 Å². The van der Waals surface area contributed by atoms with E-state index in [4.69, 9.17) is 4.74 Å². The van der Waals surface area contributed by atoms with Gasteiger partial charge in [-0.05, 0) is 25.0 Å². The van der Waals surface area contributed by atoms with Crippen LogP contribution in [-0.4, -0.2) is 47.2 Å². The van der Waals surface area contributed by atoms with Gasteiger partial charge in [-0.2, -0.15) is 0 Å². The van der Waals surface area contributed by atoms with E-state index in [0.717, 1.165) is 31.9 Å². The van der Waals surface area contributed by atoms with Crippen LogP contribution in [0.5, 0.6) is 0 Å².